The van der Waals surface area contributed by atoms with Gasteiger partial charge >= 0.3 is 0 Å². The average molecular weight is 513 g/mol. The Morgan fingerprint density at radius 3 is 2.54 bits per heavy atom. The Morgan fingerprint density at radius 1 is 1.24 bits per heavy atom. The summed E-state index contributed by atoms with van der Waals surface area (Å²) < 4.78 is 34.6. The van der Waals surface area contributed by atoms with Gasteiger partial charge in [0.25, 0.3) is 5.92 Å². The maximum atomic E-state index is 14.7. The highest BCUT2D eigenvalue weighted by atomic mass is 19.3. The topological polar surface area (TPSA) is 124 Å². The number of amides is 1. The molecule has 2 aromatic carbocycles. The van der Waals surface area contributed by atoms with Crippen molar-refractivity contribution >= 4 is 23.6 Å². The van der Waals surface area contributed by atoms with Gasteiger partial charge in [-0.1, -0.05) is 47.6 Å². The van der Waals surface area contributed by atoms with E-state index in [2.05, 4.69) is 20.8 Å². The van der Waals surface area contributed by atoms with Crippen LogP contribution in [0.3, 0.4) is 0 Å². The van der Waals surface area contributed by atoms with E-state index in [0.717, 1.165) is 22.3 Å². The molecule has 11 heteroatoms. The van der Waals surface area contributed by atoms with Crippen LogP contribution in [0.2, 0.25) is 0 Å². The lowest BCUT2D eigenvalue weighted by Gasteiger charge is -2.36. The van der Waals surface area contributed by atoms with Gasteiger partial charge in [0.1, 0.15) is 12.2 Å². The van der Waals surface area contributed by atoms with E-state index in [9.17, 15) is 18.4 Å². The number of aromatic nitrogens is 2. The van der Waals surface area contributed by atoms with Crippen molar-refractivity contribution in [1.82, 2.24) is 20.4 Å². The van der Waals surface area contributed by atoms with E-state index in [4.69, 9.17) is 9.93 Å². The summed E-state index contributed by atoms with van der Waals surface area (Å²) in [7, 11) is 3.33. The van der Waals surface area contributed by atoms with Gasteiger partial charge in [-0.25, -0.2) is 8.78 Å². The minimum atomic E-state index is -3.16. The van der Waals surface area contributed by atoms with Gasteiger partial charge in [-0.05, 0) is 26.5 Å². The number of anilines is 1. The maximum absolute atomic E-state index is 14.7. The highest BCUT2D eigenvalue weighted by molar-refractivity contribution is 6.02. The smallest absolute Gasteiger partial charge is 0.276 e. The third kappa shape index (κ3) is 6.82. The monoisotopic (exact) mass is 512 g/mol. The van der Waals surface area contributed by atoms with E-state index in [1.165, 1.54) is 0 Å². The fourth-order valence-corrected chi connectivity index (χ4v) is 3.96. The van der Waals surface area contributed by atoms with Crippen LogP contribution in [0.25, 0.3) is 11.4 Å². The van der Waals surface area contributed by atoms with Gasteiger partial charge in [-0.2, -0.15) is 4.98 Å². The number of halogens is 2. The molecule has 1 atom stereocenters. The lowest BCUT2D eigenvalue weighted by molar-refractivity contribution is -0.144. The van der Waals surface area contributed by atoms with Crippen LogP contribution in [-0.2, 0) is 4.79 Å². The molecule has 37 heavy (non-hydrogen) atoms. The highest BCUT2D eigenvalue weighted by Gasteiger charge is 2.49. The standard InChI is InChI=1S/C19H24F2N6O2.C7H6O/c1-11(22)13-5-4-12(8-15(13)24-3)17-25-18(29-26-17)14-6-7-27(10-19(14,20)21)16(28)9-23-2;8-6-7-4-2-1-3-5-7/h4-5,8,14,22-24H,6-7,9-10H2,1-3H3;1-6H. The first-order valence-electron chi connectivity index (χ1n) is 11.7. The van der Waals surface area contributed by atoms with Crippen molar-refractivity contribution in [1.29, 1.82) is 5.41 Å². The number of piperidine rings is 1. The molecule has 196 valence electrons. The van der Waals surface area contributed by atoms with Crippen LogP contribution in [0.15, 0.2) is 53.1 Å². The van der Waals surface area contributed by atoms with E-state index >= 15 is 0 Å². The molecule has 1 aliphatic rings. The van der Waals surface area contributed by atoms with Crippen molar-refractivity contribution in [2.75, 3.05) is 39.0 Å². The predicted molar refractivity (Wildman–Crippen MR) is 136 cm³/mol. The summed E-state index contributed by atoms with van der Waals surface area (Å²) in [4.78, 5) is 27.3. The van der Waals surface area contributed by atoms with E-state index in [1.807, 2.05) is 18.2 Å². The largest absolute Gasteiger partial charge is 0.388 e. The number of carbonyl (C=O) groups is 2. The second kappa shape index (κ2) is 12.3. The van der Waals surface area contributed by atoms with Crippen molar-refractivity contribution < 1.29 is 22.9 Å². The van der Waals surface area contributed by atoms with Gasteiger partial charge in [0.15, 0.2) is 0 Å². The summed E-state index contributed by atoms with van der Waals surface area (Å²) in [6, 6.07) is 14.3. The van der Waals surface area contributed by atoms with Crippen LogP contribution in [-0.4, -0.2) is 72.6 Å². The molecule has 0 saturated carbocycles. The lowest BCUT2D eigenvalue weighted by Crippen LogP contribution is -2.51. The van der Waals surface area contributed by atoms with Crippen LogP contribution < -0.4 is 10.6 Å². The van der Waals surface area contributed by atoms with Crippen LogP contribution in [0.4, 0.5) is 14.5 Å². The zero-order valence-electron chi connectivity index (χ0n) is 20.9. The first-order chi connectivity index (χ1) is 17.7. The minimum Gasteiger partial charge on any atom is -0.388 e. The second-order valence-electron chi connectivity index (χ2n) is 8.57. The molecular formula is C26H30F2N6O3. The minimum absolute atomic E-state index is 0.0183. The zero-order valence-corrected chi connectivity index (χ0v) is 20.9. The molecule has 1 saturated heterocycles. The third-order valence-corrected chi connectivity index (χ3v) is 5.91. The van der Waals surface area contributed by atoms with Gasteiger partial charge in [0, 0.05) is 41.7 Å². The Hall–Kier alpha value is -3.99. The third-order valence-electron chi connectivity index (χ3n) is 5.91. The number of nitrogens with one attached hydrogen (secondary N) is 3. The quantitative estimate of drug-likeness (QED) is 0.325. The lowest BCUT2D eigenvalue weighted by atomic mass is 9.92. The Bertz CT molecular complexity index is 1230. The summed E-state index contributed by atoms with van der Waals surface area (Å²) in [5.41, 5.74) is 3.16. The summed E-state index contributed by atoms with van der Waals surface area (Å²) in [5.74, 6) is -4.70. The van der Waals surface area contributed by atoms with E-state index in [-0.39, 0.29) is 37.1 Å². The Morgan fingerprint density at radius 2 is 1.97 bits per heavy atom. The molecule has 0 bridgehead atoms. The van der Waals surface area contributed by atoms with Crippen molar-refractivity contribution in [2.45, 2.75) is 25.2 Å². The number of nitrogens with zero attached hydrogens (tertiary/aromatic N) is 3. The van der Waals surface area contributed by atoms with Gasteiger partial charge < -0.3 is 25.5 Å². The molecule has 0 radical (unpaired) electrons. The number of aldehydes is 1. The number of alkyl halides is 2. The van der Waals surface area contributed by atoms with Crippen LogP contribution in [0, 0.1) is 5.41 Å². The van der Waals surface area contributed by atoms with Crippen molar-refractivity contribution in [3.05, 3.63) is 65.5 Å². The molecule has 1 unspecified atom stereocenters. The number of likely N-dealkylation sites (tertiary alicyclic amines) is 1. The molecule has 0 spiro atoms. The van der Waals surface area contributed by atoms with E-state index < -0.39 is 18.4 Å². The Kier molecular flexibility index (Phi) is 9.18. The Balaban J connectivity index is 0.000000405. The Labute approximate surface area is 213 Å². The number of hydrogen-bond acceptors (Lipinski definition) is 8. The molecule has 1 amide bonds. The van der Waals surface area contributed by atoms with Gasteiger partial charge in [0.05, 0.1) is 13.1 Å². The molecule has 2 heterocycles. The number of likely N-dealkylation sites (N-methyl/N-ethyl adjacent to an activating group) is 1. The summed E-state index contributed by atoms with van der Waals surface area (Å²) in [5, 5.41) is 17.4. The summed E-state index contributed by atoms with van der Waals surface area (Å²) in [6.07, 6.45) is 0.873. The van der Waals surface area contributed by atoms with Crippen LogP contribution in [0.5, 0.6) is 0 Å². The zero-order chi connectivity index (χ0) is 27.0. The first kappa shape index (κ1) is 27.6. The van der Waals surface area contributed by atoms with Crippen molar-refractivity contribution in [3.63, 3.8) is 0 Å². The molecule has 1 aliphatic heterocycles. The molecule has 4 rings (SSSR count). The normalized spacial score (nSPS) is 16.4. The second-order valence-corrected chi connectivity index (χ2v) is 8.57. The van der Waals surface area contributed by atoms with Gasteiger partial charge in [-0.3, -0.25) is 9.59 Å². The molecule has 1 fully saturated rings. The summed E-state index contributed by atoms with van der Waals surface area (Å²) >= 11 is 0. The molecule has 9 nitrogen and oxygen atoms in total. The number of benzene rings is 2. The van der Waals surface area contributed by atoms with Gasteiger partial charge in [0.2, 0.25) is 17.6 Å². The molecule has 1 aromatic heterocycles. The highest BCUT2D eigenvalue weighted by Crippen LogP contribution is 2.40. The molecule has 3 N–H and O–H groups in total. The van der Waals surface area contributed by atoms with Gasteiger partial charge in [-0.15, -0.1) is 0 Å². The van der Waals surface area contributed by atoms with Crippen molar-refractivity contribution in [2.24, 2.45) is 0 Å². The van der Waals surface area contributed by atoms with Crippen LogP contribution >= 0.6 is 0 Å². The first-order valence-corrected chi connectivity index (χ1v) is 11.7. The number of rotatable bonds is 7. The van der Waals surface area contributed by atoms with Crippen molar-refractivity contribution in [3.8, 4) is 11.4 Å². The number of carbonyl (C=O) groups excluding carboxylic acids is 2. The van der Waals surface area contributed by atoms with E-state index in [1.54, 1.807) is 51.4 Å². The maximum Gasteiger partial charge on any atom is 0.276 e. The van der Waals surface area contributed by atoms with E-state index in [0.29, 0.717) is 17.0 Å². The fourth-order valence-electron chi connectivity index (χ4n) is 3.96. The summed E-state index contributed by atoms with van der Waals surface area (Å²) in [6.45, 7) is 1.23. The number of hydrogen-bond donors (Lipinski definition) is 3. The average Bonchev–Trinajstić information content (AvgIpc) is 3.38. The molecule has 0 aliphatic carbocycles. The van der Waals surface area contributed by atoms with Crippen LogP contribution in [0.1, 0.15) is 41.1 Å². The SMILES string of the molecule is CNCC(=O)N1CCC(c2nc(-c3ccc(C(C)=N)c(NC)c3)no2)C(F)(F)C1.O=Cc1ccccc1. The predicted octanol–water partition coefficient (Wildman–Crippen LogP) is 3.84. The fraction of sp³-hybridized carbons (Fsp3) is 0.346. The molecule has 3 aromatic rings. The molecular weight excluding hydrogens is 482 g/mol.